The number of nitrogens with one attached hydrogen (secondary N) is 2. The lowest BCUT2D eigenvalue weighted by atomic mass is 10.2. The van der Waals surface area contributed by atoms with Crippen LogP contribution in [-0.4, -0.2) is 36.0 Å². The van der Waals surface area contributed by atoms with Gasteiger partial charge in [-0.05, 0) is 30.0 Å². The van der Waals surface area contributed by atoms with Gasteiger partial charge in [-0.2, -0.15) is 0 Å². The maximum Gasteiger partial charge on any atom is 0.279 e. The van der Waals surface area contributed by atoms with E-state index in [0.717, 1.165) is 22.7 Å². The van der Waals surface area contributed by atoms with E-state index in [2.05, 4.69) is 22.4 Å². The number of amides is 1. The van der Waals surface area contributed by atoms with Crippen LogP contribution in [0.4, 0.5) is 5.69 Å². The van der Waals surface area contributed by atoms with E-state index in [-0.39, 0.29) is 12.7 Å². The van der Waals surface area contributed by atoms with Gasteiger partial charge >= 0.3 is 0 Å². The molecule has 0 saturated carbocycles. The molecule has 0 fully saturated rings. The number of hydrogen-bond donors (Lipinski definition) is 2. The quantitative estimate of drug-likeness (QED) is 0.600. The molecule has 1 unspecified atom stereocenters. The number of benzene rings is 1. The Morgan fingerprint density at radius 2 is 2.14 bits per heavy atom. The second-order valence-corrected chi connectivity index (χ2v) is 7.40. The third-order valence-corrected chi connectivity index (χ3v) is 5.13. The lowest BCUT2D eigenvalue weighted by Crippen LogP contribution is -3.11. The highest BCUT2D eigenvalue weighted by Crippen LogP contribution is 2.34. The minimum Gasteiger partial charge on any atom is -0.454 e. The van der Waals surface area contributed by atoms with Crippen LogP contribution in [0.2, 0.25) is 0 Å². The molecular formula is C19H21N4O4S+. The molecule has 0 bridgehead atoms. The molecular weight excluding hydrogens is 380 g/mol. The fourth-order valence-electron chi connectivity index (χ4n) is 3.04. The number of carbonyl (C=O) groups is 1. The van der Waals surface area contributed by atoms with Gasteiger partial charge in [0.15, 0.2) is 24.6 Å². The first-order valence-corrected chi connectivity index (χ1v) is 9.98. The largest absolute Gasteiger partial charge is 0.454 e. The minimum absolute atomic E-state index is 0.0830. The monoisotopic (exact) mass is 401 g/mol. The number of thiophene rings is 1. The summed E-state index contributed by atoms with van der Waals surface area (Å²) in [6.45, 7) is 3.92. The van der Waals surface area contributed by atoms with Crippen LogP contribution in [0.15, 0.2) is 40.1 Å². The summed E-state index contributed by atoms with van der Waals surface area (Å²) in [5.74, 6) is 2.30. The van der Waals surface area contributed by atoms with E-state index in [4.69, 9.17) is 13.9 Å². The van der Waals surface area contributed by atoms with Gasteiger partial charge in [-0.1, -0.05) is 13.0 Å². The van der Waals surface area contributed by atoms with E-state index in [0.29, 0.717) is 42.1 Å². The maximum atomic E-state index is 12.5. The molecule has 1 amide bonds. The number of anilines is 1. The van der Waals surface area contributed by atoms with Crippen molar-refractivity contribution in [2.75, 3.05) is 25.2 Å². The number of ether oxygens (including phenoxy) is 2. The molecule has 8 nitrogen and oxygen atoms in total. The Bertz CT molecular complexity index is 941. The Balaban J connectivity index is 1.37. The third kappa shape index (κ3) is 4.32. The molecule has 1 aliphatic heterocycles. The lowest BCUT2D eigenvalue weighted by Gasteiger charge is -2.16. The van der Waals surface area contributed by atoms with E-state index in [1.165, 1.54) is 0 Å². The van der Waals surface area contributed by atoms with Gasteiger partial charge in [0.05, 0.1) is 11.4 Å². The molecule has 0 aliphatic carbocycles. The summed E-state index contributed by atoms with van der Waals surface area (Å²) in [5, 5.41) is 13.1. The Morgan fingerprint density at radius 1 is 1.25 bits per heavy atom. The fourth-order valence-corrected chi connectivity index (χ4v) is 3.68. The first kappa shape index (κ1) is 18.5. The second-order valence-electron chi connectivity index (χ2n) is 6.45. The number of hydrogen-bond acceptors (Lipinski definition) is 7. The number of carbonyl (C=O) groups excluding carboxylic acids is 1. The molecule has 0 saturated heterocycles. The zero-order valence-corrected chi connectivity index (χ0v) is 16.3. The number of aromatic nitrogens is 2. The van der Waals surface area contributed by atoms with Crippen LogP contribution in [0, 0.1) is 0 Å². The SMILES string of the molecule is CCC[NH+](CC(=O)Nc1ccc2c(c1)OCO2)Cc1nnc(-c2cccs2)o1. The lowest BCUT2D eigenvalue weighted by molar-refractivity contribution is -0.907. The number of fused-ring (bicyclic) bond motifs is 1. The van der Waals surface area contributed by atoms with Crippen LogP contribution >= 0.6 is 11.3 Å². The van der Waals surface area contributed by atoms with Gasteiger partial charge in [0.1, 0.15) is 0 Å². The van der Waals surface area contributed by atoms with Crippen LogP contribution in [0.25, 0.3) is 10.8 Å². The van der Waals surface area contributed by atoms with E-state index >= 15 is 0 Å². The Morgan fingerprint density at radius 3 is 2.96 bits per heavy atom. The average molecular weight is 401 g/mol. The highest BCUT2D eigenvalue weighted by atomic mass is 32.1. The van der Waals surface area contributed by atoms with Crippen molar-refractivity contribution in [3.8, 4) is 22.3 Å². The van der Waals surface area contributed by atoms with Gasteiger partial charge in [-0.15, -0.1) is 21.5 Å². The molecule has 9 heteroatoms. The molecule has 2 aromatic heterocycles. The van der Waals surface area contributed by atoms with Gasteiger partial charge in [-0.25, -0.2) is 0 Å². The van der Waals surface area contributed by atoms with Crippen LogP contribution < -0.4 is 19.7 Å². The first-order chi connectivity index (χ1) is 13.7. The predicted octanol–water partition coefficient (Wildman–Crippen LogP) is 1.96. The smallest absolute Gasteiger partial charge is 0.279 e. The summed E-state index contributed by atoms with van der Waals surface area (Å²) in [4.78, 5) is 14.5. The standard InChI is InChI=1S/C19H20N4O4S/c1-2-7-23(11-18-21-22-19(27-18)16-4-3-8-28-16)10-17(24)20-13-5-6-14-15(9-13)26-12-25-14/h3-6,8-9H,2,7,10-12H2,1H3,(H,20,24)/p+1. The van der Waals surface area contributed by atoms with Crippen molar-refractivity contribution in [1.82, 2.24) is 10.2 Å². The third-order valence-electron chi connectivity index (χ3n) is 4.27. The maximum absolute atomic E-state index is 12.5. The molecule has 0 radical (unpaired) electrons. The van der Waals surface area contributed by atoms with Crippen molar-refractivity contribution in [3.05, 3.63) is 41.6 Å². The van der Waals surface area contributed by atoms with Crippen molar-refractivity contribution >= 4 is 22.9 Å². The summed E-state index contributed by atoms with van der Waals surface area (Å²) in [6, 6.07) is 9.25. The Kier molecular flexibility index (Phi) is 5.54. The highest BCUT2D eigenvalue weighted by molar-refractivity contribution is 7.13. The molecule has 3 heterocycles. The predicted molar refractivity (Wildman–Crippen MR) is 103 cm³/mol. The first-order valence-electron chi connectivity index (χ1n) is 9.10. The van der Waals surface area contributed by atoms with E-state index in [1.54, 1.807) is 29.5 Å². The summed E-state index contributed by atoms with van der Waals surface area (Å²) < 4.78 is 16.4. The van der Waals surface area contributed by atoms with Gasteiger partial charge in [0.25, 0.3) is 17.7 Å². The summed E-state index contributed by atoms with van der Waals surface area (Å²) in [6.07, 6.45) is 0.943. The van der Waals surface area contributed by atoms with Crippen molar-refractivity contribution in [2.45, 2.75) is 19.9 Å². The van der Waals surface area contributed by atoms with E-state index in [9.17, 15) is 4.79 Å². The fraction of sp³-hybridized carbons (Fsp3) is 0.316. The van der Waals surface area contributed by atoms with Crippen molar-refractivity contribution in [2.24, 2.45) is 0 Å². The number of quaternary nitrogens is 1. The van der Waals surface area contributed by atoms with E-state index in [1.807, 2.05) is 17.5 Å². The molecule has 2 N–H and O–H groups in total. The van der Waals surface area contributed by atoms with Gasteiger partial charge in [0.2, 0.25) is 6.79 Å². The Hall–Kier alpha value is -2.91. The molecule has 0 spiro atoms. The molecule has 28 heavy (non-hydrogen) atoms. The number of rotatable bonds is 8. The Labute approximate surface area is 166 Å². The van der Waals surface area contributed by atoms with Crippen LogP contribution in [0.5, 0.6) is 11.5 Å². The van der Waals surface area contributed by atoms with Crippen molar-refractivity contribution in [3.63, 3.8) is 0 Å². The molecule has 4 rings (SSSR count). The molecule has 1 aromatic carbocycles. The zero-order chi connectivity index (χ0) is 19.3. The topological polar surface area (TPSA) is 90.9 Å². The molecule has 1 atom stereocenters. The number of nitrogens with zero attached hydrogens (tertiary/aromatic N) is 2. The minimum atomic E-state index is -0.0830. The molecule has 146 valence electrons. The van der Waals surface area contributed by atoms with Crippen molar-refractivity contribution < 1.29 is 23.6 Å². The van der Waals surface area contributed by atoms with Crippen molar-refractivity contribution in [1.29, 1.82) is 0 Å². The highest BCUT2D eigenvalue weighted by Gasteiger charge is 2.20. The summed E-state index contributed by atoms with van der Waals surface area (Å²) in [7, 11) is 0. The van der Waals surface area contributed by atoms with Crippen LogP contribution in [0.3, 0.4) is 0 Å². The van der Waals surface area contributed by atoms with Gasteiger partial charge in [0, 0.05) is 11.8 Å². The van der Waals surface area contributed by atoms with Crippen LogP contribution in [0.1, 0.15) is 19.2 Å². The summed E-state index contributed by atoms with van der Waals surface area (Å²) in [5.41, 5.74) is 0.683. The normalized spacial score (nSPS) is 13.5. The second kappa shape index (κ2) is 8.41. The zero-order valence-electron chi connectivity index (χ0n) is 15.4. The van der Waals surface area contributed by atoms with E-state index < -0.39 is 0 Å². The van der Waals surface area contributed by atoms with Gasteiger partial charge in [-0.3, -0.25) is 4.79 Å². The summed E-state index contributed by atoms with van der Waals surface area (Å²) >= 11 is 1.55. The average Bonchev–Trinajstić information content (AvgIpc) is 3.42. The molecule has 1 aliphatic rings. The molecule has 3 aromatic rings. The van der Waals surface area contributed by atoms with Gasteiger partial charge < -0.3 is 24.1 Å². The van der Waals surface area contributed by atoms with Crippen LogP contribution in [-0.2, 0) is 11.3 Å².